The summed E-state index contributed by atoms with van der Waals surface area (Å²) in [5.74, 6) is 0. The summed E-state index contributed by atoms with van der Waals surface area (Å²) in [6.45, 7) is 6.40. The van der Waals surface area contributed by atoms with E-state index in [1.807, 2.05) is 39.1 Å². The van der Waals surface area contributed by atoms with Gasteiger partial charge < -0.3 is 14.6 Å². The molecule has 0 bridgehead atoms. The Labute approximate surface area is 118 Å². The monoisotopic (exact) mass is 280 g/mol. The predicted octanol–water partition coefficient (Wildman–Crippen LogP) is 3.82. The van der Waals surface area contributed by atoms with Crippen molar-refractivity contribution >= 4 is 18.3 Å². The Morgan fingerprint density at radius 3 is 2.79 bits per heavy atom. The molecule has 0 radical (unpaired) electrons. The van der Waals surface area contributed by atoms with E-state index in [9.17, 15) is 4.79 Å². The lowest BCUT2D eigenvalue weighted by Crippen LogP contribution is -2.36. The van der Waals surface area contributed by atoms with Gasteiger partial charge in [-0.15, -0.1) is 0 Å². The molecule has 1 amide bonds. The van der Waals surface area contributed by atoms with E-state index in [4.69, 9.17) is 17.0 Å². The van der Waals surface area contributed by atoms with Gasteiger partial charge in [-0.3, -0.25) is 0 Å². The molecule has 1 atom stereocenters. The third kappa shape index (κ3) is 3.56. The van der Waals surface area contributed by atoms with Crippen molar-refractivity contribution in [1.29, 1.82) is 0 Å². The summed E-state index contributed by atoms with van der Waals surface area (Å²) in [6.07, 6.45) is 3.61. The van der Waals surface area contributed by atoms with E-state index in [1.54, 1.807) is 4.90 Å². The lowest BCUT2D eigenvalue weighted by Gasteiger charge is -2.28. The van der Waals surface area contributed by atoms with Crippen LogP contribution in [-0.4, -0.2) is 28.1 Å². The number of rotatable bonds is 1. The van der Waals surface area contributed by atoms with Crippen molar-refractivity contribution in [3.8, 4) is 0 Å². The van der Waals surface area contributed by atoms with E-state index in [0.29, 0.717) is 4.64 Å². The van der Waals surface area contributed by atoms with Gasteiger partial charge in [0.25, 0.3) is 0 Å². The molecule has 1 aromatic heterocycles. The molecule has 1 unspecified atom stereocenters. The van der Waals surface area contributed by atoms with Crippen LogP contribution in [0.15, 0.2) is 18.3 Å². The first-order chi connectivity index (χ1) is 8.87. The second kappa shape index (κ2) is 5.33. The summed E-state index contributed by atoms with van der Waals surface area (Å²) in [7, 11) is 0. The summed E-state index contributed by atoms with van der Waals surface area (Å²) in [4.78, 5) is 17.0. The molecule has 2 heterocycles. The number of hydrogen-bond acceptors (Lipinski definition) is 3. The van der Waals surface area contributed by atoms with E-state index >= 15 is 0 Å². The number of nitrogens with one attached hydrogen (secondary N) is 1. The number of carbonyl (C=O) groups is 1. The van der Waals surface area contributed by atoms with Gasteiger partial charge in [0.2, 0.25) is 0 Å². The molecule has 0 spiro atoms. The fourth-order valence-electron chi connectivity index (χ4n) is 2.28. The molecule has 5 heteroatoms. The maximum Gasteiger partial charge on any atom is 0.410 e. The molecule has 1 aromatic rings. The molecule has 2 rings (SSSR count). The first-order valence-corrected chi connectivity index (χ1v) is 6.96. The molecule has 1 aliphatic rings. The zero-order valence-electron chi connectivity index (χ0n) is 11.6. The topological polar surface area (TPSA) is 45.3 Å². The van der Waals surface area contributed by atoms with Crippen molar-refractivity contribution in [1.82, 2.24) is 9.88 Å². The summed E-state index contributed by atoms with van der Waals surface area (Å²) in [6, 6.07) is 3.92. The van der Waals surface area contributed by atoms with Crippen LogP contribution in [-0.2, 0) is 4.74 Å². The first-order valence-electron chi connectivity index (χ1n) is 6.55. The third-order valence-electron chi connectivity index (χ3n) is 3.07. The van der Waals surface area contributed by atoms with Crippen LogP contribution in [0.25, 0.3) is 0 Å². The molecule has 0 aliphatic carbocycles. The number of aromatic amines is 1. The molecular formula is C14H20N2O2S. The standard InChI is InChI=1S/C14H20N2O2S/c1-14(2,3)18-13(17)16-8-4-5-11(16)10-6-7-12(19)15-9-10/h6-7,9,11H,4-5,8H2,1-3H3,(H,15,19). The van der Waals surface area contributed by atoms with Crippen LogP contribution in [0.5, 0.6) is 0 Å². The minimum absolute atomic E-state index is 0.0849. The van der Waals surface area contributed by atoms with Gasteiger partial charge in [-0.1, -0.05) is 18.3 Å². The van der Waals surface area contributed by atoms with Crippen LogP contribution < -0.4 is 0 Å². The maximum atomic E-state index is 12.2. The Morgan fingerprint density at radius 2 is 2.21 bits per heavy atom. The largest absolute Gasteiger partial charge is 0.444 e. The van der Waals surface area contributed by atoms with E-state index in [-0.39, 0.29) is 12.1 Å². The average molecular weight is 280 g/mol. The minimum atomic E-state index is -0.458. The quantitative estimate of drug-likeness (QED) is 0.795. The smallest absolute Gasteiger partial charge is 0.410 e. The number of likely N-dealkylation sites (tertiary alicyclic amines) is 1. The van der Waals surface area contributed by atoms with Gasteiger partial charge in [-0.05, 0) is 45.2 Å². The number of ether oxygens (including phenoxy) is 1. The van der Waals surface area contributed by atoms with Crippen molar-refractivity contribution < 1.29 is 9.53 Å². The van der Waals surface area contributed by atoms with Crippen LogP contribution >= 0.6 is 12.2 Å². The number of hydrogen-bond donors (Lipinski definition) is 1. The minimum Gasteiger partial charge on any atom is -0.444 e. The molecule has 19 heavy (non-hydrogen) atoms. The lowest BCUT2D eigenvalue weighted by atomic mass is 10.1. The normalized spacial score (nSPS) is 19.5. The predicted molar refractivity (Wildman–Crippen MR) is 76.5 cm³/mol. The van der Waals surface area contributed by atoms with Crippen LogP contribution in [0.3, 0.4) is 0 Å². The van der Waals surface area contributed by atoms with Crippen LogP contribution in [0, 0.1) is 4.64 Å². The second-order valence-corrected chi connectivity index (χ2v) is 6.26. The van der Waals surface area contributed by atoms with Gasteiger partial charge in [0.05, 0.1) is 6.04 Å². The van der Waals surface area contributed by atoms with Crippen molar-refractivity contribution in [2.75, 3.05) is 6.54 Å². The van der Waals surface area contributed by atoms with Crippen LogP contribution in [0.1, 0.15) is 45.2 Å². The van der Waals surface area contributed by atoms with E-state index in [0.717, 1.165) is 24.9 Å². The van der Waals surface area contributed by atoms with E-state index in [2.05, 4.69) is 4.98 Å². The van der Waals surface area contributed by atoms with Gasteiger partial charge >= 0.3 is 6.09 Å². The molecular weight excluding hydrogens is 260 g/mol. The Balaban J connectivity index is 2.15. The molecule has 1 aliphatic heterocycles. The summed E-state index contributed by atoms with van der Waals surface area (Å²) < 4.78 is 6.15. The Morgan fingerprint density at radius 1 is 1.47 bits per heavy atom. The van der Waals surface area contributed by atoms with Gasteiger partial charge in [-0.25, -0.2) is 4.79 Å². The SMILES string of the molecule is CC(C)(C)OC(=O)N1CCCC1c1ccc(=S)[nH]c1. The number of H-pyrrole nitrogens is 1. The highest BCUT2D eigenvalue weighted by molar-refractivity contribution is 7.71. The van der Waals surface area contributed by atoms with Crippen LogP contribution in [0.2, 0.25) is 0 Å². The van der Waals surface area contributed by atoms with Gasteiger partial charge in [0.15, 0.2) is 0 Å². The van der Waals surface area contributed by atoms with Crippen molar-refractivity contribution in [3.05, 3.63) is 28.5 Å². The van der Waals surface area contributed by atoms with Gasteiger partial charge in [-0.2, -0.15) is 0 Å². The molecule has 104 valence electrons. The van der Waals surface area contributed by atoms with Gasteiger partial charge in [0, 0.05) is 12.7 Å². The Hall–Kier alpha value is -1.36. The van der Waals surface area contributed by atoms with Crippen LogP contribution in [0.4, 0.5) is 4.79 Å². The zero-order valence-corrected chi connectivity index (χ0v) is 12.4. The maximum absolute atomic E-state index is 12.2. The Bertz CT molecular complexity index is 498. The molecule has 0 aromatic carbocycles. The zero-order chi connectivity index (χ0) is 14.0. The molecule has 1 saturated heterocycles. The Kier molecular flexibility index (Phi) is 3.94. The number of aromatic nitrogens is 1. The highest BCUT2D eigenvalue weighted by Gasteiger charge is 2.33. The number of pyridine rings is 1. The highest BCUT2D eigenvalue weighted by Crippen LogP contribution is 2.32. The molecule has 4 nitrogen and oxygen atoms in total. The number of nitrogens with zero attached hydrogens (tertiary/aromatic N) is 1. The van der Waals surface area contributed by atoms with E-state index < -0.39 is 5.60 Å². The highest BCUT2D eigenvalue weighted by atomic mass is 32.1. The van der Waals surface area contributed by atoms with Crippen molar-refractivity contribution in [2.45, 2.75) is 45.3 Å². The molecule has 1 N–H and O–H groups in total. The lowest BCUT2D eigenvalue weighted by molar-refractivity contribution is 0.0224. The number of amides is 1. The summed E-state index contributed by atoms with van der Waals surface area (Å²) >= 11 is 5.04. The number of carbonyl (C=O) groups excluding carboxylic acids is 1. The van der Waals surface area contributed by atoms with E-state index in [1.165, 1.54) is 0 Å². The van der Waals surface area contributed by atoms with Gasteiger partial charge in [0.1, 0.15) is 10.2 Å². The third-order valence-corrected chi connectivity index (χ3v) is 3.33. The molecule has 0 saturated carbocycles. The average Bonchev–Trinajstić information content (AvgIpc) is 2.76. The fraction of sp³-hybridized carbons (Fsp3) is 0.571. The van der Waals surface area contributed by atoms with Crippen molar-refractivity contribution in [3.63, 3.8) is 0 Å². The second-order valence-electron chi connectivity index (χ2n) is 5.82. The summed E-state index contributed by atoms with van der Waals surface area (Å²) in [5, 5.41) is 0. The van der Waals surface area contributed by atoms with Crippen molar-refractivity contribution in [2.24, 2.45) is 0 Å². The summed E-state index contributed by atoms with van der Waals surface area (Å²) in [5.41, 5.74) is 0.623. The first kappa shape index (κ1) is 14.1. The molecule has 1 fully saturated rings. The fourth-order valence-corrected chi connectivity index (χ4v) is 2.41.